The molecule has 0 N–H and O–H groups in total. The van der Waals surface area contributed by atoms with Gasteiger partial charge in [0.1, 0.15) is 0 Å². The normalized spacial score (nSPS) is 16.3. The smallest absolute Gasteiger partial charge is 0.305 e. The number of ether oxygens (including phenoxy) is 1. The molecule has 0 aromatic heterocycles. The molecule has 0 spiro atoms. The van der Waals surface area contributed by atoms with Crippen LogP contribution >= 0.6 is 0 Å². The van der Waals surface area contributed by atoms with E-state index in [9.17, 15) is 4.79 Å². The van der Waals surface area contributed by atoms with Crippen molar-refractivity contribution >= 4 is 5.97 Å². The third-order valence-corrected chi connectivity index (χ3v) is 9.28. The third-order valence-electron chi connectivity index (χ3n) is 9.28. The SMILES string of the molecule is CCCC1(C(C)C2(CCC(=O)OC)c3ccccc3-c3ccccc32)c2ccccc2-c2ccccc21. The highest BCUT2D eigenvalue weighted by atomic mass is 16.5. The molecule has 0 saturated heterocycles. The number of methoxy groups -OCH3 is 1. The number of fused-ring (bicyclic) bond motifs is 6. The highest BCUT2D eigenvalue weighted by molar-refractivity contribution is 5.85. The van der Waals surface area contributed by atoms with Crippen LogP contribution in [0.2, 0.25) is 0 Å². The largest absolute Gasteiger partial charge is 0.469 e. The van der Waals surface area contributed by atoms with Crippen LogP contribution < -0.4 is 0 Å². The van der Waals surface area contributed by atoms with Crippen molar-refractivity contribution in [3.8, 4) is 22.3 Å². The molecule has 0 radical (unpaired) electrons. The van der Waals surface area contributed by atoms with Crippen LogP contribution in [0.15, 0.2) is 97.1 Å². The molecule has 0 heterocycles. The number of esters is 1. The van der Waals surface area contributed by atoms with Gasteiger partial charge in [-0.1, -0.05) is 117 Å². The number of hydrogen-bond donors (Lipinski definition) is 0. The van der Waals surface area contributed by atoms with Gasteiger partial charge in [0.05, 0.1) is 7.11 Å². The van der Waals surface area contributed by atoms with Crippen LogP contribution in [0.1, 0.15) is 61.8 Å². The summed E-state index contributed by atoms with van der Waals surface area (Å²) in [6.45, 7) is 4.75. The zero-order valence-electron chi connectivity index (χ0n) is 22.0. The highest BCUT2D eigenvalue weighted by Crippen LogP contribution is 2.64. The summed E-state index contributed by atoms with van der Waals surface area (Å²) in [5.41, 5.74) is 10.3. The van der Waals surface area contributed by atoms with Crippen molar-refractivity contribution in [3.63, 3.8) is 0 Å². The molecule has 4 aromatic carbocycles. The van der Waals surface area contributed by atoms with Crippen LogP contribution in [-0.2, 0) is 20.4 Å². The van der Waals surface area contributed by atoms with E-state index in [1.54, 1.807) is 0 Å². The lowest BCUT2D eigenvalue weighted by Gasteiger charge is -2.49. The zero-order chi connectivity index (χ0) is 25.6. The molecule has 0 amide bonds. The number of carbonyl (C=O) groups excluding carboxylic acids is 1. The van der Waals surface area contributed by atoms with Crippen molar-refractivity contribution in [3.05, 3.63) is 119 Å². The molecule has 0 bridgehead atoms. The molecule has 2 nitrogen and oxygen atoms in total. The Labute approximate surface area is 220 Å². The van der Waals surface area contributed by atoms with Gasteiger partial charge in [0.2, 0.25) is 0 Å². The van der Waals surface area contributed by atoms with Gasteiger partial charge < -0.3 is 4.74 Å². The number of hydrogen-bond acceptors (Lipinski definition) is 2. The lowest BCUT2D eigenvalue weighted by molar-refractivity contribution is -0.141. The van der Waals surface area contributed by atoms with E-state index in [4.69, 9.17) is 4.74 Å². The summed E-state index contributed by atoms with van der Waals surface area (Å²) in [4.78, 5) is 12.7. The van der Waals surface area contributed by atoms with Crippen LogP contribution in [0.4, 0.5) is 0 Å². The summed E-state index contributed by atoms with van der Waals surface area (Å²) >= 11 is 0. The minimum atomic E-state index is -0.332. The van der Waals surface area contributed by atoms with Crippen LogP contribution in [0.5, 0.6) is 0 Å². The maximum Gasteiger partial charge on any atom is 0.305 e. The maximum atomic E-state index is 12.7. The molecule has 0 saturated carbocycles. The van der Waals surface area contributed by atoms with Crippen molar-refractivity contribution in [2.75, 3.05) is 7.11 Å². The summed E-state index contributed by atoms with van der Waals surface area (Å²) in [7, 11) is 1.50. The minimum absolute atomic E-state index is 0.148. The van der Waals surface area contributed by atoms with E-state index < -0.39 is 0 Å². The molecule has 186 valence electrons. The van der Waals surface area contributed by atoms with Gasteiger partial charge in [-0.25, -0.2) is 0 Å². The first kappa shape index (κ1) is 23.7. The van der Waals surface area contributed by atoms with Crippen LogP contribution in [0, 0.1) is 5.92 Å². The molecule has 2 aliphatic carbocycles. The van der Waals surface area contributed by atoms with Gasteiger partial charge in [-0.3, -0.25) is 4.79 Å². The van der Waals surface area contributed by atoms with Crippen LogP contribution in [0.25, 0.3) is 22.3 Å². The molecular weight excluding hydrogens is 452 g/mol. The van der Waals surface area contributed by atoms with Gasteiger partial charge in [0.25, 0.3) is 0 Å². The zero-order valence-corrected chi connectivity index (χ0v) is 22.0. The molecular formula is C35H34O2. The van der Waals surface area contributed by atoms with Crippen molar-refractivity contribution in [2.45, 2.75) is 50.4 Å². The molecule has 1 unspecified atom stereocenters. The lowest BCUT2D eigenvalue weighted by atomic mass is 9.53. The van der Waals surface area contributed by atoms with Crippen molar-refractivity contribution < 1.29 is 9.53 Å². The maximum absolute atomic E-state index is 12.7. The lowest BCUT2D eigenvalue weighted by Crippen LogP contribution is -2.47. The van der Waals surface area contributed by atoms with Gasteiger partial charge in [-0.05, 0) is 63.3 Å². The van der Waals surface area contributed by atoms with E-state index in [1.807, 2.05) is 0 Å². The molecule has 0 aliphatic heterocycles. The number of rotatable bonds is 7. The summed E-state index contributed by atoms with van der Waals surface area (Å²) in [6, 6.07) is 35.7. The molecule has 1 atom stereocenters. The van der Waals surface area contributed by atoms with Crippen LogP contribution in [0.3, 0.4) is 0 Å². The second kappa shape index (κ2) is 9.03. The molecule has 2 heteroatoms. The van der Waals surface area contributed by atoms with E-state index in [1.165, 1.54) is 51.6 Å². The van der Waals surface area contributed by atoms with Crippen molar-refractivity contribution in [1.82, 2.24) is 0 Å². The van der Waals surface area contributed by atoms with Gasteiger partial charge in [-0.15, -0.1) is 0 Å². The molecule has 6 rings (SSSR count). The Kier molecular flexibility index (Phi) is 5.79. The van der Waals surface area contributed by atoms with Gasteiger partial charge in [0.15, 0.2) is 0 Å². The van der Waals surface area contributed by atoms with Crippen molar-refractivity contribution in [1.29, 1.82) is 0 Å². The molecule has 37 heavy (non-hydrogen) atoms. The standard InChI is InChI=1S/C35H34O2/c1-4-22-34(29-17-9-5-13-25(29)26-14-6-10-18-30(26)34)24(2)35(23-21-33(36)37-3)31-19-11-7-15-27(31)28-16-8-12-20-32(28)35/h5-20,24H,4,21-23H2,1-3H3. The Hall–Kier alpha value is -3.65. The van der Waals surface area contributed by atoms with Gasteiger partial charge >= 0.3 is 5.97 Å². The Morgan fingerprint density at radius 2 is 1.00 bits per heavy atom. The Balaban J connectivity index is 1.68. The number of benzene rings is 4. The molecule has 4 aromatic rings. The van der Waals surface area contributed by atoms with E-state index in [0.717, 1.165) is 12.8 Å². The average molecular weight is 487 g/mol. The van der Waals surface area contributed by atoms with E-state index >= 15 is 0 Å². The minimum Gasteiger partial charge on any atom is -0.469 e. The average Bonchev–Trinajstić information content (AvgIpc) is 3.41. The predicted molar refractivity (Wildman–Crippen MR) is 151 cm³/mol. The fraction of sp³-hybridized carbons (Fsp3) is 0.286. The Morgan fingerprint density at radius 3 is 1.35 bits per heavy atom. The Morgan fingerprint density at radius 1 is 0.649 bits per heavy atom. The topological polar surface area (TPSA) is 26.3 Å². The monoisotopic (exact) mass is 486 g/mol. The quantitative estimate of drug-likeness (QED) is 0.246. The third kappa shape index (κ3) is 3.21. The van der Waals surface area contributed by atoms with Crippen molar-refractivity contribution in [2.24, 2.45) is 5.92 Å². The summed E-state index contributed by atoms with van der Waals surface area (Å²) in [5, 5.41) is 0. The van der Waals surface area contributed by atoms with E-state index in [-0.39, 0.29) is 22.7 Å². The van der Waals surface area contributed by atoms with Gasteiger partial charge in [0, 0.05) is 17.3 Å². The first-order valence-electron chi connectivity index (χ1n) is 13.5. The van der Waals surface area contributed by atoms with Gasteiger partial charge in [-0.2, -0.15) is 0 Å². The molecule has 0 fully saturated rings. The van der Waals surface area contributed by atoms with E-state index in [2.05, 4.69) is 111 Å². The highest BCUT2D eigenvalue weighted by Gasteiger charge is 2.57. The summed E-state index contributed by atoms with van der Waals surface area (Å²) in [6.07, 6.45) is 3.22. The van der Waals surface area contributed by atoms with E-state index in [0.29, 0.717) is 12.8 Å². The number of carbonyl (C=O) groups is 1. The predicted octanol–water partition coefficient (Wildman–Crippen LogP) is 8.31. The Bertz CT molecular complexity index is 1390. The first-order chi connectivity index (χ1) is 18.1. The fourth-order valence-electron chi connectivity index (χ4n) is 7.84. The first-order valence-corrected chi connectivity index (χ1v) is 13.5. The fourth-order valence-corrected chi connectivity index (χ4v) is 7.84. The summed E-state index contributed by atoms with van der Waals surface area (Å²) in [5.74, 6) is 0.0457. The van der Waals surface area contributed by atoms with Crippen LogP contribution in [-0.4, -0.2) is 13.1 Å². The second-order valence-corrected chi connectivity index (χ2v) is 10.7. The summed E-state index contributed by atoms with van der Waals surface area (Å²) < 4.78 is 5.18. The molecule has 2 aliphatic rings. The second-order valence-electron chi connectivity index (χ2n) is 10.7.